The molecule has 0 saturated heterocycles. The van der Waals surface area contributed by atoms with E-state index in [1.807, 2.05) is 49.4 Å². The molecule has 2 aromatic carbocycles. The van der Waals surface area contributed by atoms with Crippen molar-refractivity contribution in [1.29, 1.82) is 0 Å². The van der Waals surface area contributed by atoms with Crippen LogP contribution < -0.4 is 20.1 Å². The Labute approximate surface area is 146 Å². The van der Waals surface area contributed by atoms with Crippen molar-refractivity contribution < 1.29 is 9.47 Å². The number of ether oxygens (including phenoxy) is 2. The summed E-state index contributed by atoms with van der Waals surface area (Å²) in [6.45, 7) is 2.01. The molecule has 0 spiro atoms. The van der Waals surface area contributed by atoms with Gasteiger partial charge in [0.15, 0.2) is 5.82 Å². The summed E-state index contributed by atoms with van der Waals surface area (Å²) in [5, 5.41) is 14.4. The fourth-order valence-electron chi connectivity index (χ4n) is 2.30. The monoisotopic (exact) mass is 337 g/mol. The third kappa shape index (κ3) is 3.95. The Kier molecular flexibility index (Phi) is 4.94. The van der Waals surface area contributed by atoms with Crippen LogP contribution in [0.4, 0.5) is 23.1 Å². The standard InChI is InChI=1S/C18H19N5O2/c1-12-6-4-5-7-14(12)21-18-22-17(11-19-23-18)20-15-10-13(24-2)8-9-16(15)25-3/h4-11H,1-3H3,(H2,20,21,22,23). The van der Waals surface area contributed by atoms with Crippen LogP contribution in [0.15, 0.2) is 48.7 Å². The quantitative estimate of drug-likeness (QED) is 0.710. The van der Waals surface area contributed by atoms with Gasteiger partial charge in [-0.3, -0.25) is 0 Å². The Bertz CT molecular complexity index is 870. The summed E-state index contributed by atoms with van der Waals surface area (Å²) in [6, 6.07) is 13.4. The maximum Gasteiger partial charge on any atom is 0.249 e. The lowest BCUT2D eigenvalue weighted by Gasteiger charge is -2.12. The zero-order chi connectivity index (χ0) is 17.6. The summed E-state index contributed by atoms with van der Waals surface area (Å²) >= 11 is 0. The van der Waals surface area contributed by atoms with Gasteiger partial charge >= 0.3 is 0 Å². The SMILES string of the molecule is COc1ccc(OC)c(Nc2cnnc(Nc3ccccc3C)n2)c1. The summed E-state index contributed by atoms with van der Waals surface area (Å²) in [5.74, 6) is 2.33. The normalized spacial score (nSPS) is 10.2. The highest BCUT2D eigenvalue weighted by molar-refractivity contribution is 5.67. The van der Waals surface area contributed by atoms with Crippen molar-refractivity contribution in [3.8, 4) is 11.5 Å². The van der Waals surface area contributed by atoms with Crippen LogP contribution in [0.1, 0.15) is 5.56 Å². The number of hydrogen-bond donors (Lipinski definition) is 2. The average molecular weight is 337 g/mol. The van der Waals surface area contributed by atoms with Gasteiger partial charge in [0, 0.05) is 11.8 Å². The Morgan fingerprint density at radius 1 is 0.920 bits per heavy atom. The van der Waals surface area contributed by atoms with E-state index in [-0.39, 0.29) is 0 Å². The molecule has 2 N–H and O–H groups in total. The third-order valence-corrected chi connectivity index (χ3v) is 3.62. The number of hydrogen-bond acceptors (Lipinski definition) is 7. The lowest BCUT2D eigenvalue weighted by atomic mass is 10.2. The van der Waals surface area contributed by atoms with E-state index in [2.05, 4.69) is 25.8 Å². The maximum atomic E-state index is 5.36. The van der Waals surface area contributed by atoms with Gasteiger partial charge in [0.2, 0.25) is 5.95 Å². The molecule has 128 valence electrons. The molecule has 1 aromatic heterocycles. The molecule has 0 radical (unpaired) electrons. The molecule has 0 fully saturated rings. The largest absolute Gasteiger partial charge is 0.497 e. The summed E-state index contributed by atoms with van der Waals surface area (Å²) in [6.07, 6.45) is 1.54. The van der Waals surface area contributed by atoms with Crippen LogP contribution in [0.3, 0.4) is 0 Å². The molecule has 0 unspecified atom stereocenters. The highest BCUT2D eigenvalue weighted by atomic mass is 16.5. The van der Waals surface area contributed by atoms with Crippen molar-refractivity contribution in [2.24, 2.45) is 0 Å². The number of anilines is 4. The molecular formula is C18H19N5O2. The fourth-order valence-corrected chi connectivity index (χ4v) is 2.30. The van der Waals surface area contributed by atoms with Gasteiger partial charge in [-0.05, 0) is 30.7 Å². The van der Waals surface area contributed by atoms with Gasteiger partial charge in [-0.1, -0.05) is 18.2 Å². The number of para-hydroxylation sites is 1. The van der Waals surface area contributed by atoms with Crippen molar-refractivity contribution in [3.05, 3.63) is 54.2 Å². The molecule has 7 nitrogen and oxygen atoms in total. The molecule has 25 heavy (non-hydrogen) atoms. The predicted octanol–water partition coefficient (Wildman–Crippen LogP) is 3.68. The Hall–Kier alpha value is -3.35. The van der Waals surface area contributed by atoms with Gasteiger partial charge < -0.3 is 20.1 Å². The molecule has 3 aromatic rings. The van der Waals surface area contributed by atoms with Crippen LogP contribution in [-0.2, 0) is 0 Å². The highest BCUT2D eigenvalue weighted by Crippen LogP contribution is 2.31. The van der Waals surface area contributed by atoms with E-state index in [1.165, 1.54) is 0 Å². The van der Waals surface area contributed by atoms with E-state index >= 15 is 0 Å². The average Bonchev–Trinajstić information content (AvgIpc) is 2.64. The van der Waals surface area contributed by atoms with Crippen molar-refractivity contribution in [1.82, 2.24) is 15.2 Å². The lowest BCUT2D eigenvalue weighted by molar-refractivity contribution is 0.405. The number of nitrogens with zero attached hydrogens (tertiary/aromatic N) is 3. The van der Waals surface area contributed by atoms with Crippen LogP contribution in [0.5, 0.6) is 11.5 Å². The minimum Gasteiger partial charge on any atom is -0.497 e. The van der Waals surface area contributed by atoms with Crippen molar-refractivity contribution in [3.63, 3.8) is 0 Å². The Morgan fingerprint density at radius 3 is 2.52 bits per heavy atom. The van der Waals surface area contributed by atoms with E-state index in [4.69, 9.17) is 9.47 Å². The number of aryl methyl sites for hydroxylation is 1. The highest BCUT2D eigenvalue weighted by Gasteiger charge is 2.08. The second-order valence-electron chi connectivity index (χ2n) is 5.30. The number of methoxy groups -OCH3 is 2. The Morgan fingerprint density at radius 2 is 1.76 bits per heavy atom. The molecule has 7 heteroatoms. The van der Waals surface area contributed by atoms with E-state index in [0.717, 1.165) is 16.9 Å². The topological polar surface area (TPSA) is 81.2 Å². The van der Waals surface area contributed by atoms with Crippen LogP contribution in [0.2, 0.25) is 0 Å². The van der Waals surface area contributed by atoms with Crippen LogP contribution in [-0.4, -0.2) is 29.4 Å². The van der Waals surface area contributed by atoms with Gasteiger partial charge in [-0.15, -0.1) is 5.10 Å². The second kappa shape index (κ2) is 7.48. The number of aromatic nitrogens is 3. The van der Waals surface area contributed by atoms with Crippen molar-refractivity contribution >= 4 is 23.1 Å². The fraction of sp³-hybridized carbons (Fsp3) is 0.167. The van der Waals surface area contributed by atoms with Gasteiger partial charge in [0.05, 0.1) is 26.1 Å². The number of benzene rings is 2. The first kappa shape index (κ1) is 16.5. The minimum atomic E-state index is 0.404. The number of rotatable bonds is 6. The lowest BCUT2D eigenvalue weighted by Crippen LogP contribution is -2.04. The van der Waals surface area contributed by atoms with E-state index in [1.54, 1.807) is 20.4 Å². The first-order valence-electron chi connectivity index (χ1n) is 7.71. The van der Waals surface area contributed by atoms with Gasteiger partial charge in [0.25, 0.3) is 0 Å². The van der Waals surface area contributed by atoms with Crippen molar-refractivity contribution in [2.75, 3.05) is 24.9 Å². The summed E-state index contributed by atoms with van der Waals surface area (Å²) < 4.78 is 10.6. The van der Waals surface area contributed by atoms with E-state index in [9.17, 15) is 0 Å². The molecule has 0 aliphatic rings. The molecule has 0 bridgehead atoms. The summed E-state index contributed by atoms with van der Waals surface area (Å²) in [7, 11) is 3.22. The number of nitrogens with one attached hydrogen (secondary N) is 2. The third-order valence-electron chi connectivity index (χ3n) is 3.62. The summed E-state index contributed by atoms with van der Waals surface area (Å²) in [5.41, 5.74) is 2.75. The Balaban J connectivity index is 1.84. The summed E-state index contributed by atoms with van der Waals surface area (Å²) in [4.78, 5) is 4.44. The minimum absolute atomic E-state index is 0.404. The first-order valence-corrected chi connectivity index (χ1v) is 7.71. The van der Waals surface area contributed by atoms with Gasteiger partial charge in [-0.2, -0.15) is 10.1 Å². The molecule has 0 aliphatic carbocycles. The smallest absolute Gasteiger partial charge is 0.249 e. The molecular weight excluding hydrogens is 318 g/mol. The van der Waals surface area contributed by atoms with Crippen LogP contribution in [0, 0.1) is 6.92 Å². The van der Waals surface area contributed by atoms with Gasteiger partial charge in [0.1, 0.15) is 11.5 Å². The van der Waals surface area contributed by atoms with Crippen molar-refractivity contribution in [2.45, 2.75) is 6.92 Å². The van der Waals surface area contributed by atoms with Crippen LogP contribution >= 0.6 is 0 Å². The van der Waals surface area contributed by atoms with E-state index in [0.29, 0.717) is 23.3 Å². The molecule has 0 atom stereocenters. The predicted molar refractivity (Wildman–Crippen MR) is 97.1 cm³/mol. The van der Waals surface area contributed by atoms with Crippen LogP contribution in [0.25, 0.3) is 0 Å². The van der Waals surface area contributed by atoms with E-state index < -0.39 is 0 Å². The zero-order valence-corrected chi connectivity index (χ0v) is 14.3. The van der Waals surface area contributed by atoms with Gasteiger partial charge in [-0.25, -0.2) is 0 Å². The molecule has 1 heterocycles. The molecule has 3 rings (SSSR count). The second-order valence-corrected chi connectivity index (χ2v) is 5.30. The molecule has 0 aliphatic heterocycles. The maximum absolute atomic E-state index is 5.36. The zero-order valence-electron chi connectivity index (χ0n) is 14.3. The first-order chi connectivity index (χ1) is 12.2. The molecule has 0 amide bonds. The molecule has 0 saturated carbocycles.